The zero-order chi connectivity index (χ0) is 19.1. The molecule has 26 heavy (non-hydrogen) atoms. The van der Waals surface area contributed by atoms with Crippen molar-refractivity contribution in [2.45, 2.75) is 23.9 Å². The molecule has 3 rings (SSSR count). The number of primary sulfonamides is 1. The maximum atomic E-state index is 13.4. The van der Waals surface area contributed by atoms with Gasteiger partial charge < -0.3 is 4.90 Å². The molecule has 1 aromatic heterocycles. The average Bonchev–Trinajstić information content (AvgIpc) is 3.14. The lowest BCUT2D eigenvalue weighted by molar-refractivity contribution is -0.137. The molecule has 2 heterocycles. The number of alkyl halides is 3. The Morgan fingerprint density at radius 3 is 2.65 bits per heavy atom. The molecule has 6 nitrogen and oxygen atoms in total. The first-order chi connectivity index (χ1) is 12.0. The van der Waals surface area contributed by atoms with Crippen LogP contribution in [0, 0.1) is 5.92 Å². The van der Waals surface area contributed by atoms with E-state index in [0.29, 0.717) is 19.2 Å². The van der Waals surface area contributed by atoms with Gasteiger partial charge in [0.2, 0.25) is 10.0 Å². The highest BCUT2D eigenvalue weighted by Gasteiger charge is 2.37. The van der Waals surface area contributed by atoms with Crippen molar-refractivity contribution in [2.75, 3.05) is 18.0 Å². The predicted octanol–water partition coefficient (Wildman–Crippen LogP) is 2.16. The molecule has 10 heteroatoms. The van der Waals surface area contributed by atoms with Crippen molar-refractivity contribution in [2.24, 2.45) is 18.1 Å². The Hall–Kier alpha value is -2.07. The molecular formula is C16H19F3N4O2S. The van der Waals surface area contributed by atoms with Gasteiger partial charge in [-0.3, -0.25) is 4.68 Å². The van der Waals surface area contributed by atoms with E-state index in [1.807, 2.05) is 13.2 Å². The second-order valence-corrected chi connectivity index (χ2v) is 8.11. The van der Waals surface area contributed by atoms with Crippen LogP contribution in [-0.2, 0) is 29.7 Å². The predicted molar refractivity (Wildman–Crippen MR) is 90.0 cm³/mol. The van der Waals surface area contributed by atoms with Crippen LogP contribution in [0.15, 0.2) is 35.5 Å². The van der Waals surface area contributed by atoms with Crippen molar-refractivity contribution < 1.29 is 21.6 Å². The molecule has 1 unspecified atom stereocenters. The van der Waals surface area contributed by atoms with Crippen LogP contribution in [0.3, 0.4) is 0 Å². The summed E-state index contributed by atoms with van der Waals surface area (Å²) >= 11 is 0. The Balaban J connectivity index is 1.85. The van der Waals surface area contributed by atoms with Crippen LogP contribution in [-0.4, -0.2) is 31.3 Å². The SMILES string of the molecule is Cn1cc(CC2CCN(c3ccc(S(N)(=O)=O)cc3C(F)(F)F)C2)cn1. The molecule has 1 aliphatic rings. The minimum absolute atomic E-state index is 0.0152. The minimum Gasteiger partial charge on any atom is -0.371 e. The van der Waals surface area contributed by atoms with Crippen molar-refractivity contribution in [1.82, 2.24) is 9.78 Å². The van der Waals surface area contributed by atoms with E-state index in [9.17, 15) is 21.6 Å². The number of sulfonamides is 1. The van der Waals surface area contributed by atoms with Crippen molar-refractivity contribution in [3.63, 3.8) is 0 Å². The summed E-state index contributed by atoms with van der Waals surface area (Å²) in [6.07, 6.45) is 0.469. The Bertz CT molecular complexity index is 908. The molecule has 0 amide bonds. The molecule has 0 spiro atoms. The van der Waals surface area contributed by atoms with Crippen molar-refractivity contribution in [3.05, 3.63) is 41.7 Å². The molecule has 1 atom stereocenters. The first kappa shape index (κ1) is 18.7. The van der Waals surface area contributed by atoms with Crippen LogP contribution < -0.4 is 10.0 Å². The van der Waals surface area contributed by atoms with Crippen LogP contribution in [0.1, 0.15) is 17.5 Å². The summed E-state index contributed by atoms with van der Waals surface area (Å²) in [6, 6.07) is 2.92. The van der Waals surface area contributed by atoms with Gasteiger partial charge >= 0.3 is 6.18 Å². The Labute approximate surface area is 149 Å². The van der Waals surface area contributed by atoms with Gasteiger partial charge in [-0.1, -0.05) is 0 Å². The third-order valence-corrected chi connectivity index (χ3v) is 5.42. The third kappa shape index (κ3) is 4.01. The third-order valence-electron chi connectivity index (χ3n) is 4.51. The molecule has 2 N–H and O–H groups in total. The van der Waals surface area contributed by atoms with Gasteiger partial charge in [-0.15, -0.1) is 0 Å². The van der Waals surface area contributed by atoms with E-state index < -0.39 is 26.7 Å². The molecule has 0 saturated carbocycles. The summed E-state index contributed by atoms with van der Waals surface area (Å²) < 4.78 is 64.8. The number of rotatable bonds is 4. The molecule has 0 radical (unpaired) electrons. The highest BCUT2D eigenvalue weighted by atomic mass is 32.2. The monoisotopic (exact) mass is 388 g/mol. The molecule has 142 valence electrons. The largest absolute Gasteiger partial charge is 0.418 e. The Morgan fingerprint density at radius 2 is 2.08 bits per heavy atom. The molecule has 1 fully saturated rings. The smallest absolute Gasteiger partial charge is 0.371 e. The highest BCUT2D eigenvalue weighted by molar-refractivity contribution is 7.89. The summed E-state index contributed by atoms with van der Waals surface area (Å²) in [5, 5.41) is 9.07. The van der Waals surface area contributed by atoms with Gasteiger partial charge in [-0.2, -0.15) is 18.3 Å². The van der Waals surface area contributed by atoms with Gasteiger partial charge in [0.25, 0.3) is 0 Å². The zero-order valence-electron chi connectivity index (χ0n) is 14.1. The average molecular weight is 388 g/mol. The maximum absolute atomic E-state index is 13.4. The fourth-order valence-electron chi connectivity index (χ4n) is 3.32. The lowest BCUT2D eigenvalue weighted by Crippen LogP contribution is -2.24. The first-order valence-corrected chi connectivity index (χ1v) is 9.55. The van der Waals surface area contributed by atoms with Crippen LogP contribution in [0.5, 0.6) is 0 Å². The van der Waals surface area contributed by atoms with Gasteiger partial charge in [0.15, 0.2) is 0 Å². The lowest BCUT2D eigenvalue weighted by Gasteiger charge is -2.23. The summed E-state index contributed by atoms with van der Waals surface area (Å²) in [4.78, 5) is 1.11. The summed E-state index contributed by atoms with van der Waals surface area (Å²) in [7, 11) is -2.39. The minimum atomic E-state index is -4.67. The standard InChI is InChI=1S/C16H19F3N4O2S/c1-22-9-12(8-21-22)6-11-4-5-23(10-11)15-3-2-13(26(20,24)25)7-14(15)16(17,18)19/h2-3,7-9,11H,4-6,10H2,1H3,(H2,20,24,25). The van der Waals surface area contributed by atoms with Gasteiger partial charge in [0.1, 0.15) is 0 Å². The van der Waals surface area contributed by atoms with E-state index in [-0.39, 0.29) is 11.6 Å². The normalized spacial score (nSPS) is 18.5. The summed E-state index contributed by atoms with van der Waals surface area (Å²) in [6.45, 7) is 0.940. The second kappa shape index (κ2) is 6.58. The van der Waals surface area contributed by atoms with Gasteiger partial charge in [0, 0.05) is 32.0 Å². The molecule has 0 aliphatic carbocycles. The van der Waals surface area contributed by atoms with Gasteiger partial charge in [-0.05, 0) is 42.5 Å². The number of hydrogen-bond donors (Lipinski definition) is 1. The molecular weight excluding hydrogens is 369 g/mol. The van der Waals surface area contributed by atoms with Crippen LogP contribution in [0.4, 0.5) is 18.9 Å². The maximum Gasteiger partial charge on any atom is 0.418 e. The van der Waals surface area contributed by atoms with Crippen LogP contribution >= 0.6 is 0 Å². The molecule has 2 aromatic rings. The van der Waals surface area contributed by atoms with Crippen LogP contribution in [0.25, 0.3) is 0 Å². The molecule has 1 saturated heterocycles. The first-order valence-electron chi connectivity index (χ1n) is 8.00. The second-order valence-electron chi connectivity index (χ2n) is 6.55. The Kier molecular flexibility index (Phi) is 4.74. The quantitative estimate of drug-likeness (QED) is 0.870. The number of benzene rings is 1. The topological polar surface area (TPSA) is 81.2 Å². The summed E-state index contributed by atoms with van der Waals surface area (Å²) in [5.41, 5.74) is 0.0459. The van der Waals surface area contributed by atoms with Crippen LogP contribution in [0.2, 0.25) is 0 Å². The fraction of sp³-hybridized carbons (Fsp3) is 0.438. The van der Waals surface area contributed by atoms with E-state index in [0.717, 1.165) is 24.5 Å². The van der Waals surface area contributed by atoms with E-state index in [4.69, 9.17) is 5.14 Å². The van der Waals surface area contributed by atoms with E-state index in [1.165, 1.54) is 6.07 Å². The zero-order valence-corrected chi connectivity index (χ0v) is 14.9. The Morgan fingerprint density at radius 1 is 1.35 bits per heavy atom. The van der Waals surface area contributed by atoms with E-state index in [1.54, 1.807) is 15.8 Å². The van der Waals surface area contributed by atoms with E-state index in [2.05, 4.69) is 5.10 Å². The summed E-state index contributed by atoms with van der Waals surface area (Å²) in [5.74, 6) is 0.207. The number of nitrogens with zero attached hydrogens (tertiary/aromatic N) is 3. The fourth-order valence-corrected chi connectivity index (χ4v) is 3.86. The molecule has 1 aliphatic heterocycles. The molecule has 0 bridgehead atoms. The lowest BCUT2D eigenvalue weighted by atomic mass is 10.0. The van der Waals surface area contributed by atoms with Gasteiger partial charge in [0.05, 0.1) is 16.7 Å². The van der Waals surface area contributed by atoms with Crippen molar-refractivity contribution >= 4 is 15.7 Å². The number of aromatic nitrogens is 2. The number of anilines is 1. The number of hydrogen-bond acceptors (Lipinski definition) is 4. The number of halogens is 3. The number of aryl methyl sites for hydroxylation is 1. The van der Waals surface area contributed by atoms with Gasteiger partial charge in [-0.25, -0.2) is 13.6 Å². The highest BCUT2D eigenvalue weighted by Crippen LogP contribution is 2.39. The van der Waals surface area contributed by atoms with Crippen molar-refractivity contribution in [1.29, 1.82) is 0 Å². The molecule has 1 aromatic carbocycles. The van der Waals surface area contributed by atoms with E-state index >= 15 is 0 Å². The number of nitrogens with two attached hydrogens (primary N) is 1. The van der Waals surface area contributed by atoms with Crippen molar-refractivity contribution in [3.8, 4) is 0 Å².